The lowest BCUT2D eigenvalue weighted by Crippen LogP contribution is -2.48. The summed E-state index contributed by atoms with van der Waals surface area (Å²) in [4.78, 5) is 45.2. The summed E-state index contributed by atoms with van der Waals surface area (Å²) < 4.78 is 9.63. The van der Waals surface area contributed by atoms with Crippen molar-refractivity contribution in [2.45, 2.75) is 71.2 Å². The number of unbranched alkanes of at least 4 members (excludes halogenated alkanes) is 1. The molecule has 0 aromatic carbocycles. The molecule has 0 aliphatic rings. The fourth-order valence-electron chi connectivity index (χ4n) is 1.70. The molecule has 2 N–H and O–H groups in total. The second kappa shape index (κ2) is 10.6. The van der Waals surface area contributed by atoms with Gasteiger partial charge in [0.15, 0.2) is 6.17 Å². The van der Waals surface area contributed by atoms with E-state index in [2.05, 4.69) is 20.5 Å². The summed E-state index contributed by atoms with van der Waals surface area (Å²) in [7, 11) is 1.30. The minimum atomic E-state index is -0.937. The Bertz CT molecular complexity index is 447. The highest BCUT2D eigenvalue weighted by atomic mass is 16.6. The first kappa shape index (κ1) is 21.8. The van der Waals surface area contributed by atoms with Crippen LogP contribution >= 0.6 is 0 Å². The third kappa shape index (κ3) is 10.5. The molecule has 0 aliphatic heterocycles. The molecule has 1 unspecified atom stereocenters. The van der Waals surface area contributed by atoms with Crippen molar-refractivity contribution in [3.8, 4) is 0 Å². The number of esters is 2. The standard InChI is InChI=1S/C15H27N3O6/c1-10(13(20)24-15(2,3)4)16-14(21)17-11(18-22)8-6-7-9-12(19)23-5/h10-11H,6-9H2,1-5H3,(H2,16,17,21)/t10-,11?/m0/s1. The first-order valence-electron chi connectivity index (χ1n) is 7.78. The smallest absolute Gasteiger partial charge is 0.328 e. The molecule has 0 aromatic heterocycles. The summed E-state index contributed by atoms with van der Waals surface area (Å²) in [5.41, 5.74) is -0.657. The van der Waals surface area contributed by atoms with Crippen LogP contribution in [-0.2, 0) is 19.1 Å². The normalized spacial score (nSPS) is 13.4. The van der Waals surface area contributed by atoms with E-state index in [1.54, 1.807) is 20.8 Å². The van der Waals surface area contributed by atoms with E-state index in [1.807, 2.05) is 0 Å². The maximum absolute atomic E-state index is 11.8. The van der Waals surface area contributed by atoms with Crippen LogP contribution in [0.5, 0.6) is 0 Å². The van der Waals surface area contributed by atoms with Crippen molar-refractivity contribution in [3.63, 3.8) is 0 Å². The zero-order valence-electron chi connectivity index (χ0n) is 14.9. The van der Waals surface area contributed by atoms with Crippen LogP contribution in [0.15, 0.2) is 5.18 Å². The summed E-state index contributed by atoms with van der Waals surface area (Å²) in [5, 5.41) is 7.57. The third-order valence-electron chi connectivity index (χ3n) is 2.87. The van der Waals surface area contributed by atoms with Crippen LogP contribution in [0.2, 0.25) is 0 Å². The Morgan fingerprint density at radius 1 is 1.12 bits per heavy atom. The molecule has 0 aliphatic carbocycles. The highest BCUT2D eigenvalue weighted by Crippen LogP contribution is 2.08. The van der Waals surface area contributed by atoms with Crippen LogP contribution in [0.3, 0.4) is 0 Å². The Kier molecular flexibility index (Phi) is 9.60. The number of carbonyl (C=O) groups excluding carboxylic acids is 3. The number of amides is 2. The summed E-state index contributed by atoms with van der Waals surface area (Å²) in [6, 6.07) is -1.55. The topological polar surface area (TPSA) is 123 Å². The van der Waals surface area contributed by atoms with Crippen molar-refractivity contribution in [1.29, 1.82) is 0 Å². The lowest BCUT2D eigenvalue weighted by atomic mass is 10.1. The Morgan fingerprint density at radius 3 is 2.25 bits per heavy atom. The van der Waals surface area contributed by atoms with E-state index in [0.29, 0.717) is 12.8 Å². The van der Waals surface area contributed by atoms with Gasteiger partial charge in [-0.25, -0.2) is 9.59 Å². The molecular weight excluding hydrogens is 318 g/mol. The number of ether oxygens (including phenoxy) is 2. The maximum atomic E-state index is 11.8. The highest BCUT2D eigenvalue weighted by molar-refractivity contribution is 5.83. The van der Waals surface area contributed by atoms with Gasteiger partial charge in [-0.1, -0.05) is 0 Å². The van der Waals surface area contributed by atoms with Gasteiger partial charge in [0, 0.05) is 6.42 Å². The monoisotopic (exact) mass is 345 g/mol. The number of rotatable bonds is 9. The number of hydrogen-bond donors (Lipinski definition) is 2. The number of urea groups is 1. The first-order valence-corrected chi connectivity index (χ1v) is 7.78. The largest absolute Gasteiger partial charge is 0.469 e. The van der Waals surface area contributed by atoms with Gasteiger partial charge in [0.05, 0.1) is 7.11 Å². The molecule has 0 fully saturated rings. The minimum Gasteiger partial charge on any atom is -0.469 e. The number of methoxy groups -OCH3 is 1. The Balaban J connectivity index is 4.19. The van der Waals surface area contributed by atoms with Gasteiger partial charge in [-0.05, 0) is 52.1 Å². The van der Waals surface area contributed by atoms with Gasteiger partial charge in [-0.15, -0.1) is 4.91 Å². The van der Waals surface area contributed by atoms with Gasteiger partial charge in [0.2, 0.25) is 0 Å². The van der Waals surface area contributed by atoms with Crippen molar-refractivity contribution < 1.29 is 23.9 Å². The van der Waals surface area contributed by atoms with E-state index in [0.717, 1.165) is 0 Å². The van der Waals surface area contributed by atoms with Crippen LogP contribution in [0.4, 0.5) is 4.79 Å². The first-order chi connectivity index (χ1) is 11.1. The Morgan fingerprint density at radius 2 is 1.75 bits per heavy atom. The lowest BCUT2D eigenvalue weighted by molar-refractivity contribution is -0.156. The van der Waals surface area contributed by atoms with Gasteiger partial charge >= 0.3 is 18.0 Å². The number of nitrogens with one attached hydrogen (secondary N) is 2. The van der Waals surface area contributed by atoms with Crippen molar-refractivity contribution >= 4 is 18.0 Å². The molecule has 9 nitrogen and oxygen atoms in total. The average molecular weight is 345 g/mol. The van der Waals surface area contributed by atoms with Gasteiger partial charge in [-0.3, -0.25) is 4.79 Å². The van der Waals surface area contributed by atoms with E-state index < -0.39 is 29.8 Å². The number of nitroso groups, excluding NO2 is 1. The van der Waals surface area contributed by atoms with Gasteiger partial charge in [0.1, 0.15) is 11.6 Å². The van der Waals surface area contributed by atoms with Crippen molar-refractivity contribution in [1.82, 2.24) is 10.6 Å². The molecule has 0 spiro atoms. The molecule has 0 bridgehead atoms. The van der Waals surface area contributed by atoms with Gasteiger partial charge in [-0.2, -0.15) is 0 Å². The second-order valence-corrected chi connectivity index (χ2v) is 6.32. The fraction of sp³-hybridized carbons (Fsp3) is 0.800. The molecule has 2 atom stereocenters. The van der Waals surface area contributed by atoms with Gasteiger partial charge < -0.3 is 20.1 Å². The quantitative estimate of drug-likeness (QED) is 0.373. The van der Waals surface area contributed by atoms with E-state index in [-0.39, 0.29) is 18.8 Å². The molecule has 0 rings (SSSR count). The third-order valence-corrected chi connectivity index (χ3v) is 2.87. The molecule has 0 aromatic rings. The minimum absolute atomic E-state index is 0.240. The van der Waals surface area contributed by atoms with Crippen LogP contribution in [0.1, 0.15) is 53.4 Å². The van der Waals surface area contributed by atoms with Crippen molar-refractivity contribution in [2.24, 2.45) is 5.18 Å². The number of hydrogen-bond acceptors (Lipinski definition) is 7. The number of carbonyl (C=O) groups is 3. The predicted molar refractivity (Wildman–Crippen MR) is 87.0 cm³/mol. The van der Waals surface area contributed by atoms with Crippen molar-refractivity contribution in [2.75, 3.05) is 7.11 Å². The average Bonchev–Trinajstić information content (AvgIpc) is 2.47. The molecule has 0 saturated heterocycles. The maximum Gasteiger partial charge on any atom is 0.328 e. The van der Waals surface area contributed by atoms with E-state index >= 15 is 0 Å². The molecule has 2 amide bonds. The van der Waals surface area contributed by atoms with Crippen LogP contribution in [0.25, 0.3) is 0 Å². The highest BCUT2D eigenvalue weighted by Gasteiger charge is 2.23. The molecule has 9 heteroatoms. The van der Waals surface area contributed by atoms with E-state index in [4.69, 9.17) is 4.74 Å². The van der Waals surface area contributed by atoms with Crippen molar-refractivity contribution in [3.05, 3.63) is 4.91 Å². The lowest BCUT2D eigenvalue weighted by Gasteiger charge is -2.23. The summed E-state index contributed by atoms with van der Waals surface area (Å²) >= 11 is 0. The molecule has 0 saturated carbocycles. The van der Waals surface area contributed by atoms with E-state index in [9.17, 15) is 19.3 Å². The Labute approximate surface area is 141 Å². The zero-order chi connectivity index (χ0) is 18.8. The van der Waals surface area contributed by atoms with E-state index in [1.165, 1.54) is 14.0 Å². The molecule has 0 radical (unpaired) electrons. The molecular formula is C15H27N3O6. The summed E-state index contributed by atoms with van der Waals surface area (Å²) in [5.74, 6) is -0.908. The van der Waals surface area contributed by atoms with Crippen LogP contribution in [0, 0.1) is 4.91 Å². The molecule has 138 valence electrons. The van der Waals surface area contributed by atoms with Gasteiger partial charge in [0.25, 0.3) is 0 Å². The predicted octanol–water partition coefficient (Wildman–Crippen LogP) is 1.84. The van der Waals surface area contributed by atoms with Crippen LogP contribution < -0.4 is 10.6 Å². The Hall–Kier alpha value is -2.19. The fourth-order valence-corrected chi connectivity index (χ4v) is 1.70. The number of nitrogens with zero attached hydrogens (tertiary/aromatic N) is 1. The van der Waals surface area contributed by atoms with Crippen LogP contribution in [-0.4, -0.2) is 42.9 Å². The SMILES string of the molecule is COC(=O)CCCCC(N=O)NC(=O)N[C@@H](C)C(=O)OC(C)(C)C. The second-order valence-electron chi connectivity index (χ2n) is 6.32. The molecule has 24 heavy (non-hydrogen) atoms. The summed E-state index contributed by atoms with van der Waals surface area (Å²) in [6.45, 7) is 6.64. The molecule has 0 heterocycles. The zero-order valence-corrected chi connectivity index (χ0v) is 14.9. The summed E-state index contributed by atoms with van der Waals surface area (Å²) in [6.07, 6.45) is 0.635.